The topological polar surface area (TPSA) is 54.5 Å². The number of nitrogens with zero attached hydrogens (tertiary/aromatic N) is 2. The van der Waals surface area contributed by atoms with Gasteiger partial charge in [0.15, 0.2) is 0 Å². The molecule has 0 aromatic carbocycles. The number of aromatic nitrogens is 1. The van der Waals surface area contributed by atoms with Gasteiger partial charge in [0.05, 0.1) is 23.8 Å². The number of carbonyl (C=O) groups is 1. The van der Waals surface area contributed by atoms with Crippen molar-refractivity contribution in [3.63, 3.8) is 0 Å². The minimum atomic E-state index is -0.175. The van der Waals surface area contributed by atoms with Gasteiger partial charge in [0, 0.05) is 38.1 Å². The lowest BCUT2D eigenvalue weighted by atomic mass is 10.2. The fourth-order valence-corrected chi connectivity index (χ4v) is 2.23. The maximum absolute atomic E-state index is 11.9. The lowest BCUT2D eigenvalue weighted by molar-refractivity contribution is 0.0383. The zero-order valence-corrected chi connectivity index (χ0v) is 11.7. The lowest BCUT2D eigenvalue weighted by Crippen LogP contribution is -2.41. The number of rotatable bonds is 4. The molecule has 0 spiro atoms. The van der Waals surface area contributed by atoms with E-state index in [9.17, 15) is 4.79 Å². The van der Waals surface area contributed by atoms with E-state index in [4.69, 9.17) is 16.3 Å². The molecule has 2 rings (SSSR count). The van der Waals surface area contributed by atoms with E-state index in [1.807, 2.05) is 6.92 Å². The van der Waals surface area contributed by atoms with Crippen LogP contribution in [0.25, 0.3) is 0 Å². The van der Waals surface area contributed by atoms with E-state index in [1.54, 1.807) is 6.07 Å². The monoisotopic (exact) mass is 283 g/mol. The Bertz CT molecular complexity index is 448. The molecule has 1 amide bonds. The zero-order valence-electron chi connectivity index (χ0n) is 11.0. The van der Waals surface area contributed by atoms with Crippen molar-refractivity contribution in [1.29, 1.82) is 0 Å². The Labute approximate surface area is 117 Å². The van der Waals surface area contributed by atoms with Crippen LogP contribution in [0.3, 0.4) is 0 Å². The summed E-state index contributed by atoms with van der Waals surface area (Å²) >= 11 is 6.02. The van der Waals surface area contributed by atoms with Gasteiger partial charge in [-0.1, -0.05) is 11.6 Å². The molecule has 0 unspecified atom stereocenters. The predicted octanol–water partition coefficient (Wildman–Crippen LogP) is 1.11. The molecule has 104 valence electrons. The Hall–Kier alpha value is -1.17. The Kier molecular flexibility index (Phi) is 5.13. The molecule has 0 aliphatic carbocycles. The van der Waals surface area contributed by atoms with Gasteiger partial charge in [-0.25, -0.2) is 0 Å². The first-order chi connectivity index (χ1) is 9.16. The average Bonchev–Trinajstić information content (AvgIpc) is 2.39. The Balaban J connectivity index is 1.80. The molecule has 1 aliphatic heterocycles. The van der Waals surface area contributed by atoms with Crippen molar-refractivity contribution in [3.05, 3.63) is 28.5 Å². The maximum atomic E-state index is 11.9. The van der Waals surface area contributed by atoms with Gasteiger partial charge in [-0.15, -0.1) is 0 Å². The highest BCUT2D eigenvalue weighted by Gasteiger charge is 2.13. The summed E-state index contributed by atoms with van der Waals surface area (Å²) in [7, 11) is 0. The average molecular weight is 284 g/mol. The number of pyridine rings is 1. The highest BCUT2D eigenvalue weighted by molar-refractivity contribution is 6.33. The Morgan fingerprint density at radius 3 is 2.95 bits per heavy atom. The molecule has 2 heterocycles. The number of hydrogen-bond donors (Lipinski definition) is 1. The molecule has 1 saturated heterocycles. The third kappa shape index (κ3) is 4.16. The number of ether oxygens (including phenoxy) is 1. The standard InChI is InChI=1S/C13H18ClN3O2/c1-10-8-12(14)11(9-16-10)13(18)15-2-3-17-4-6-19-7-5-17/h8-9H,2-7H2,1H3,(H,15,18). The Morgan fingerprint density at radius 2 is 2.26 bits per heavy atom. The van der Waals surface area contributed by atoms with Crippen LogP contribution in [-0.2, 0) is 4.74 Å². The number of nitrogens with one attached hydrogen (secondary N) is 1. The number of carbonyl (C=O) groups excluding carboxylic acids is 1. The summed E-state index contributed by atoms with van der Waals surface area (Å²) in [5.41, 5.74) is 1.23. The fourth-order valence-electron chi connectivity index (χ4n) is 1.94. The normalized spacial score (nSPS) is 16.3. The highest BCUT2D eigenvalue weighted by Crippen LogP contribution is 2.15. The highest BCUT2D eigenvalue weighted by atomic mass is 35.5. The van der Waals surface area contributed by atoms with Crippen molar-refractivity contribution < 1.29 is 9.53 Å². The summed E-state index contributed by atoms with van der Waals surface area (Å²) in [5.74, 6) is -0.175. The molecule has 5 nitrogen and oxygen atoms in total. The number of aryl methyl sites for hydroxylation is 1. The van der Waals surface area contributed by atoms with Gasteiger partial charge in [-0.2, -0.15) is 0 Å². The van der Waals surface area contributed by atoms with E-state index in [0.29, 0.717) is 17.1 Å². The third-order valence-corrected chi connectivity index (χ3v) is 3.36. The summed E-state index contributed by atoms with van der Waals surface area (Å²) in [4.78, 5) is 18.3. The summed E-state index contributed by atoms with van der Waals surface area (Å²) < 4.78 is 5.27. The van der Waals surface area contributed by atoms with Crippen LogP contribution < -0.4 is 5.32 Å². The molecular weight excluding hydrogens is 266 g/mol. The molecule has 1 aromatic heterocycles. The molecule has 0 saturated carbocycles. The third-order valence-electron chi connectivity index (χ3n) is 3.05. The molecule has 1 aromatic rings. The first-order valence-electron chi connectivity index (χ1n) is 6.37. The van der Waals surface area contributed by atoms with Crippen LogP contribution in [-0.4, -0.2) is 55.2 Å². The van der Waals surface area contributed by atoms with Gasteiger partial charge < -0.3 is 10.1 Å². The number of morpholine rings is 1. The second-order valence-corrected chi connectivity index (χ2v) is 4.92. The van der Waals surface area contributed by atoms with Crippen molar-refractivity contribution in [1.82, 2.24) is 15.2 Å². The van der Waals surface area contributed by atoms with Crippen LogP contribution in [0.1, 0.15) is 16.1 Å². The first-order valence-corrected chi connectivity index (χ1v) is 6.75. The van der Waals surface area contributed by atoms with Gasteiger partial charge in [0.2, 0.25) is 0 Å². The summed E-state index contributed by atoms with van der Waals surface area (Å²) in [6.07, 6.45) is 1.52. The van der Waals surface area contributed by atoms with Crippen LogP contribution in [0.4, 0.5) is 0 Å². The van der Waals surface area contributed by atoms with Gasteiger partial charge in [-0.05, 0) is 13.0 Å². The smallest absolute Gasteiger partial charge is 0.254 e. The number of amides is 1. The Morgan fingerprint density at radius 1 is 1.53 bits per heavy atom. The fraction of sp³-hybridized carbons (Fsp3) is 0.538. The van der Waals surface area contributed by atoms with E-state index in [0.717, 1.165) is 38.5 Å². The lowest BCUT2D eigenvalue weighted by Gasteiger charge is -2.26. The van der Waals surface area contributed by atoms with Crippen molar-refractivity contribution in [2.24, 2.45) is 0 Å². The zero-order chi connectivity index (χ0) is 13.7. The summed E-state index contributed by atoms with van der Waals surface area (Å²) in [5, 5.41) is 3.30. The minimum Gasteiger partial charge on any atom is -0.379 e. The molecule has 0 bridgehead atoms. The predicted molar refractivity (Wildman–Crippen MR) is 73.6 cm³/mol. The molecule has 1 fully saturated rings. The first kappa shape index (κ1) is 14.2. The van der Waals surface area contributed by atoms with Crippen molar-refractivity contribution >= 4 is 17.5 Å². The van der Waals surface area contributed by atoms with E-state index in [1.165, 1.54) is 6.20 Å². The van der Waals surface area contributed by atoms with Crippen molar-refractivity contribution in [2.45, 2.75) is 6.92 Å². The van der Waals surface area contributed by atoms with E-state index >= 15 is 0 Å². The van der Waals surface area contributed by atoms with Crippen molar-refractivity contribution in [2.75, 3.05) is 39.4 Å². The molecule has 1 aliphatic rings. The van der Waals surface area contributed by atoms with Crippen LogP contribution in [0.2, 0.25) is 5.02 Å². The van der Waals surface area contributed by atoms with Gasteiger partial charge in [-0.3, -0.25) is 14.7 Å². The summed E-state index contributed by atoms with van der Waals surface area (Å²) in [6.45, 7) is 6.63. The van der Waals surface area contributed by atoms with Gasteiger partial charge in [0.1, 0.15) is 0 Å². The molecule has 19 heavy (non-hydrogen) atoms. The van der Waals surface area contributed by atoms with E-state index in [2.05, 4.69) is 15.2 Å². The quantitative estimate of drug-likeness (QED) is 0.899. The SMILES string of the molecule is Cc1cc(Cl)c(C(=O)NCCN2CCOCC2)cn1. The molecule has 0 atom stereocenters. The van der Waals surface area contributed by atoms with Crippen LogP contribution in [0, 0.1) is 6.92 Å². The number of halogens is 1. The second-order valence-electron chi connectivity index (χ2n) is 4.52. The molecular formula is C13H18ClN3O2. The largest absolute Gasteiger partial charge is 0.379 e. The maximum Gasteiger partial charge on any atom is 0.254 e. The molecule has 0 radical (unpaired) electrons. The van der Waals surface area contributed by atoms with Crippen LogP contribution in [0.5, 0.6) is 0 Å². The van der Waals surface area contributed by atoms with Crippen LogP contribution >= 0.6 is 11.6 Å². The number of hydrogen-bond acceptors (Lipinski definition) is 4. The molecule has 1 N–H and O–H groups in total. The van der Waals surface area contributed by atoms with E-state index < -0.39 is 0 Å². The van der Waals surface area contributed by atoms with Gasteiger partial charge in [0.25, 0.3) is 5.91 Å². The van der Waals surface area contributed by atoms with Crippen molar-refractivity contribution in [3.8, 4) is 0 Å². The molecule has 6 heteroatoms. The van der Waals surface area contributed by atoms with E-state index in [-0.39, 0.29) is 5.91 Å². The van der Waals surface area contributed by atoms with Crippen LogP contribution in [0.15, 0.2) is 12.3 Å². The minimum absolute atomic E-state index is 0.175. The second kappa shape index (κ2) is 6.84. The summed E-state index contributed by atoms with van der Waals surface area (Å²) in [6, 6.07) is 1.69. The van der Waals surface area contributed by atoms with Gasteiger partial charge >= 0.3 is 0 Å².